The van der Waals surface area contributed by atoms with E-state index < -0.39 is 0 Å². The van der Waals surface area contributed by atoms with Crippen LogP contribution in [0.4, 0.5) is 0 Å². The monoisotopic (exact) mass is 168 g/mol. The first-order chi connectivity index (χ1) is 5.66. The summed E-state index contributed by atoms with van der Waals surface area (Å²) in [6.07, 6.45) is 2.94. The number of carbonyl (C=O) groups is 1. The van der Waals surface area contributed by atoms with E-state index in [1.165, 1.54) is 0 Å². The standard InChI is InChI=1S/C10H16O2/c1-6(2)9-5-8-3-7(11)4-10(9)12-8/h6,8-10H,3-5H2,1-2H3. The van der Waals surface area contributed by atoms with Crippen LogP contribution in [0.2, 0.25) is 0 Å². The summed E-state index contributed by atoms with van der Waals surface area (Å²) in [5.41, 5.74) is 0. The van der Waals surface area contributed by atoms with E-state index in [9.17, 15) is 4.79 Å². The third kappa shape index (κ3) is 1.28. The van der Waals surface area contributed by atoms with Crippen LogP contribution in [-0.2, 0) is 9.53 Å². The third-order valence-electron chi connectivity index (χ3n) is 3.12. The molecule has 0 amide bonds. The summed E-state index contributed by atoms with van der Waals surface area (Å²) in [5.74, 6) is 1.69. The first-order valence-electron chi connectivity index (χ1n) is 4.84. The van der Waals surface area contributed by atoms with Crippen LogP contribution in [0.15, 0.2) is 0 Å². The van der Waals surface area contributed by atoms with Crippen molar-refractivity contribution in [2.45, 2.75) is 45.3 Å². The number of Topliss-reactive ketones (excluding diaryl/α,β-unsaturated/α-hetero) is 1. The highest BCUT2D eigenvalue weighted by Crippen LogP contribution is 2.39. The molecule has 2 saturated heterocycles. The van der Waals surface area contributed by atoms with Crippen LogP contribution in [0.3, 0.4) is 0 Å². The molecule has 2 heterocycles. The predicted octanol–water partition coefficient (Wildman–Crippen LogP) is 1.78. The average molecular weight is 168 g/mol. The minimum Gasteiger partial charge on any atom is -0.374 e. The molecule has 0 aromatic carbocycles. The molecule has 2 bridgehead atoms. The van der Waals surface area contributed by atoms with Crippen LogP contribution in [0.1, 0.15) is 33.1 Å². The Balaban J connectivity index is 2.09. The number of ether oxygens (including phenoxy) is 1. The molecule has 3 atom stereocenters. The lowest BCUT2D eigenvalue weighted by Crippen LogP contribution is -2.28. The van der Waals surface area contributed by atoms with E-state index in [0.29, 0.717) is 30.5 Å². The Bertz CT molecular complexity index is 198. The first kappa shape index (κ1) is 8.24. The van der Waals surface area contributed by atoms with Crippen LogP contribution in [0, 0.1) is 11.8 Å². The molecule has 2 fully saturated rings. The van der Waals surface area contributed by atoms with Gasteiger partial charge >= 0.3 is 0 Å². The fourth-order valence-corrected chi connectivity index (χ4v) is 2.45. The Morgan fingerprint density at radius 3 is 2.83 bits per heavy atom. The Labute approximate surface area is 73.3 Å². The van der Waals surface area contributed by atoms with Gasteiger partial charge in [-0.3, -0.25) is 4.79 Å². The van der Waals surface area contributed by atoms with Crippen molar-refractivity contribution in [3.8, 4) is 0 Å². The topological polar surface area (TPSA) is 26.3 Å². The molecule has 0 saturated carbocycles. The highest BCUT2D eigenvalue weighted by Gasteiger charge is 2.42. The average Bonchev–Trinajstić information content (AvgIpc) is 2.26. The van der Waals surface area contributed by atoms with Gasteiger partial charge in [-0.25, -0.2) is 0 Å². The van der Waals surface area contributed by atoms with Crippen LogP contribution in [-0.4, -0.2) is 18.0 Å². The molecule has 2 aliphatic heterocycles. The van der Waals surface area contributed by atoms with Gasteiger partial charge in [-0.2, -0.15) is 0 Å². The van der Waals surface area contributed by atoms with Gasteiger partial charge in [0.05, 0.1) is 12.2 Å². The lowest BCUT2D eigenvalue weighted by molar-refractivity contribution is -0.130. The van der Waals surface area contributed by atoms with Gasteiger partial charge in [0.2, 0.25) is 0 Å². The number of ketones is 1. The molecule has 2 aliphatic rings. The molecule has 2 rings (SSSR count). The molecule has 68 valence electrons. The summed E-state index contributed by atoms with van der Waals surface area (Å²) in [6.45, 7) is 4.44. The summed E-state index contributed by atoms with van der Waals surface area (Å²) in [7, 11) is 0. The Morgan fingerprint density at radius 2 is 2.17 bits per heavy atom. The number of hydrogen-bond acceptors (Lipinski definition) is 2. The van der Waals surface area contributed by atoms with Crippen molar-refractivity contribution < 1.29 is 9.53 Å². The molecule has 0 spiro atoms. The second kappa shape index (κ2) is 2.84. The van der Waals surface area contributed by atoms with Gasteiger partial charge < -0.3 is 4.74 Å². The van der Waals surface area contributed by atoms with E-state index in [-0.39, 0.29) is 12.2 Å². The van der Waals surface area contributed by atoms with Gasteiger partial charge in [-0.15, -0.1) is 0 Å². The normalized spacial score (nSPS) is 40.9. The van der Waals surface area contributed by atoms with Gasteiger partial charge in [-0.1, -0.05) is 13.8 Å². The quantitative estimate of drug-likeness (QED) is 0.596. The summed E-state index contributed by atoms with van der Waals surface area (Å²) >= 11 is 0. The number of rotatable bonds is 1. The molecular formula is C10H16O2. The number of hydrogen-bond donors (Lipinski definition) is 0. The molecule has 0 aromatic heterocycles. The van der Waals surface area contributed by atoms with Gasteiger partial charge in [0.25, 0.3) is 0 Å². The van der Waals surface area contributed by atoms with Gasteiger partial charge in [0, 0.05) is 12.8 Å². The molecule has 3 unspecified atom stereocenters. The number of fused-ring (bicyclic) bond motifs is 2. The van der Waals surface area contributed by atoms with Crippen molar-refractivity contribution in [2.24, 2.45) is 11.8 Å². The molecule has 2 heteroatoms. The summed E-state index contributed by atoms with van der Waals surface area (Å²) in [6, 6.07) is 0. The molecular weight excluding hydrogens is 152 g/mol. The molecule has 12 heavy (non-hydrogen) atoms. The maximum atomic E-state index is 11.2. The van der Waals surface area contributed by atoms with Gasteiger partial charge in [0.15, 0.2) is 0 Å². The summed E-state index contributed by atoms with van der Waals surface area (Å²) < 4.78 is 5.72. The molecule has 0 radical (unpaired) electrons. The van der Waals surface area contributed by atoms with Crippen molar-refractivity contribution in [1.82, 2.24) is 0 Å². The van der Waals surface area contributed by atoms with E-state index >= 15 is 0 Å². The largest absolute Gasteiger partial charge is 0.374 e. The van der Waals surface area contributed by atoms with Crippen LogP contribution in [0.25, 0.3) is 0 Å². The van der Waals surface area contributed by atoms with Crippen molar-refractivity contribution in [3.05, 3.63) is 0 Å². The maximum absolute atomic E-state index is 11.2. The minimum absolute atomic E-state index is 0.247. The zero-order valence-electron chi connectivity index (χ0n) is 7.75. The van der Waals surface area contributed by atoms with Crippen molar-refractivity contribution >= 4 is 5.78 Å². The zero-order valence-corrected chi connectivity index (χ0v) is 7.75. The van der Waals surface area contributed by atoms with E-state index in [1.807, 2.05) is 0 Å². The van der Waals surface area contributed by atoms with Crippen molar-refractivity contribution in [2.75, 3.05) is 0 Å². The lowest BCUT2D eigenvalue weighted by atomic mass is 9.88. The van der Waals surface area contributed by atoms with E-state index in [4.69, 9.17) is 4.74 Å². The molecule has 2 nitrogen and oxygen atoms in total. The van der Waals surface area contributed by atoms with Crippen LogP contribution in [0.5, 0.6) is 0 Å². The Hall–Kier alpha value is -0.370. The predicted molar refractivity (Wildman–Crippen MR) is 45.8 cm³/mol. The van der Waals surface area contributed by atoms with Crippen LogP contribution >= 0.6 is 0 Å². The van der Waals surface area contributed by atoms with Crippen molar-refractivity contribution in [1.29, 1.82) is 0 Å². The highest BCUT2D eigenvalue weighted by molar-refractivity contribution is 5.80. The van der Waals surface area contributed by atoms with Crippen molar-refractivity contribution in [3.63, 3.8) is 0 Å². The summed E-state index contributed by atoms with van der Waals surface area (Å²) in [5, 5.41) is 0. The maximum Gasteiger partial charge on any atom is 0.138 e. The lowest BCUT2D eigenvalue weighted by Gasteiger charge is -2.22. The van der Waals surface area contributed by atoms with Crippen LogP contribution < -0.4 is 0 Å². The molecule has 0 N–H and O–H groups in total. The Kier molecular flexibility index (Phi) is 1.95. The smallest absolute Gasteiger partial charge is 0.138 e. The number of carbonyl (C=O) groups excluding carboxylic acids is 1. The zero-order chi connectivity index (χ0) is 8.72. The fourth-order valence-electron chi connectivity index (χ4n) is 2.45. The van der Waals surface area contributed by atoms with E-state index in [0.717, 1.165) is 6.42 Å². The highest BCUT2D eigenvalue weighted by atomic mass is 16.5. The SMILES string of the molecule is CC(C)C1CC2CC(=O)CC1O2. The molecule has 0 aliphatic carbocycles. The summed E-state index contributed by atoms with van der Waals surface area (Å²) in [4.78, 5) is 11.2. The van der Waals surface area contributed by atoms with Gasteiger partial charge in [0.1, 0.15) is 5.78 Å². The Morgan fingerprint density at radius 1 is 1.42 bits per heavy atom. The molecule has 0 aromatic rings. The second-order valence-electron chi connectivity index (χ2n) is 4.39. The van der Waals surface area contributed by atoms with E-state index in [2.05, 4.69) is 13.8 Å². The first-order valence-corrected chi connectivity index (χ1v) is 4.84. The minimum atomic E-state index is 0.247. The fraction of sp³-hybridized carbons (Fsp3) is 0.900. The third-order valence-corrected chi connectivity index (χ3v) is 3.12. The second-order valence-corrected chi connectivity index (χ2v) is 4.39. The van der Waals surface area contributed by atoms with Gasteiger partial charge in [-0.05, 0) is 18.3 Å². The van der Waals surface area contributed by atoms with E-state index in [1.54, 1.807) is 0 Å².